The van der Waals surface area contributed by atoms with Gasteiger partial charge in [0.15, 0.2) is 0 Å². The minimum absolute atomic E-state index is 0.0187. The van der Waals surface area contributed by atoms with Gasteiger partial charge in [0.25, 0.3) is 0 Å². The van der Waals surface area contributed by atoms with E-state index in [1.807, 2.05) is 43.0 Å². The topological polar surface area (TPSA) is 66.6 Å². The molecule has 0 aliphatic carbocycles. The highest BCUT2D eigenvalue weighted by Crippen LogP contribution is 2.23. The Kier molecular flexibility index (Phi) is 6.04. The molecule has 2 amide bonds. The lowest BCUT2D eigenvalue weighted by Gasteiger charge is -2.31. The monoisotopic (exact) mass is 395 g/mol. The molecule has 1 aromatic carbocycles. The van der Waals surface area contributed by atoms with E-state index in [0.29, 0.717) is 26.2 Å². The van der Waals surface area contributed by atoms with Gasteiger partial charge in [-0.2, -0.15) is 0 Å². The molecule has 1 aliphatic heterocycles. The summed E-state index contributed by atoms with van der Waals surface area (Å²) in [5, 5.41) is 0. The minimum Gasteiger partial charge on any atom is -0.341 e. The van der Waals surface area contributed by atoms with E-state index in [1.165, 1.54) is 0 Å². The molecule has 132 valence electrons. The lowest BCUT2D eigenvalue weighted by Crippen LogP contribution is -2.52. The summed E-state index contributed by atoms with van der Waals surface area (Å²) in [6, 6.07) is 7.52. The minimum atomic E-state index is -1.07. The van der Waals surface area contributed by atoms with E-state index in [2.05, 4.69) is 15.9 Å². The Morgan fingerprint density at radius 1 is 1.08 bits per heavy atom. The molecular weight excluding hydrogens is 370 g/mol. The summed E-state index contributed by atoms with van der Waals surface area (Å²) < 4.78 is 0.951. The summed E-state index contributed by atoms with van der Waals surface area (Å²) in [6.45, 7) is 7.98. The molecular formula is C18H26BrN3O2. The summed E-state index contributed by atoms with van der Waals surface area (Å²) in [5.41, 5.74) is 6.08. The molecule has 24 heavy (non-hydrogen) atoms. The molecule has 0 radical (unpaired) electrons. The van der Waals surface area contributed by atoms with Gasteiger partial charge in [-0.25, -0.2) is 0 Å². The van der Waals surface area contributed by atoms with Crippen molar-refractivity contribution in [1.82, 2.24) is 9.80 Å². The maximum absolute atomic E-state index is 13.0. The smallest absolute Gasteiger partial charge is 0.247 e. The Hall–Kier alpha value is -1.40. The van der Waals surface area contributed by atoms with Crippen molar-refractivity contribution in [3.63, 3.8) is 0 Å². The quantitative estimate of drug-likeness (QED) is 0.853. The van der Waals surface area contributed by atoms with Gasteiger partial charge >= 0.3 is 0 Å². The number of amides is 2. The number of rotatable bonds is 3. The van der Waals surface area contributed by atoms with Crippen LogP contribution >= 0.6 is 15.9 Å². The van der Waals surface area contributed by atoms with E-state index in [-0.39, 0.29) is 17.7 Å². The fraction of sp³-hybridized carbons (Fsp3) is 0.556. The standard InChI is InChI=1S/C18H26BrN3O2/c1-13(2)16(23)21-9-4-10-22(12-11-21)17(24)18(3,20)14-5-7-15(19)8-6-14/h5-8,13H,4,9-12,20H2,1-3H3. The summed E-state index contributed by atoms with van der Waals surface area (Å²) in [6.07, 6.45) is 0.778. The van der Waals surface area contributed by atoms with E-state index in [0.717, 1.165) is 16.5 Å². The van der Waals surface area contributed by atoms with E-state index in [4.69, 9.17) is 5.73 Å². The second kappa shape index (κ2) is 7.66. The van der Waals surface area contributed by atoms with Gasteiger partial charge in [0.05, 0.1) is 0 Å². The van der Waals surface area contributed by atoms with Crippen LogP contribution in [0.15, 0.2) is 28.7 Å². The van der Waals surface area contributed by atoms with Crippen molar-refractivity contribution >= 4 is 27.7 Å². The van der Waals surface area contributed by atoms with Crippen LogP contribution in [0, 0.1) is 5.92 Å². The average molecular weight is 396 g/mol. The first-order valence-electron chi connectivity index (χ1n) is 8.36. The highest BCUT2D eigenvalue weighted by atomic mass is 79.9. The molecule has 5 nitrogen and oxygen atoms in total. The van der Waals surface area contributed by atoms with Crippen LogP contribution in [0.5, 0.6) is 0 Å². The van der Waals surface area contributed by atoms with Gasteiger partial charge in [-0.3, -0.25) is 9.59 Å². The molecule has 1 unspecified atom stereocenters. The molecule has 1 saturated heterocycles. The van der Waals surface area contributed by atoms with Crippen LogP contribution in [0.3, 0.4) is 0 Å². The highest BCUT2D eigenvalue weighted by molar-refractivity contribution is 9.10. The zero-order chi connectivity index (χ0) is 17.9. The maximum atomic E-state index is 13.0. The van der Waals surface area contributed by atoms with Gasteiger partial charge in [-0.1, -0.05) is 41.9 Å². The van der Waals surface area contributed by atoms with Crippen molar-refractivity contribution in [3.05, 3.63) is 34.3 Å². The molecule has 1 fully saturated rings. The van der Waals surface area contributed by atoms with E-state index >= 15 is 0 Å². The fourth-order valence-corrected chi connectivity index (χ4v) is 3.22. The molecule has 0 spiro atoms. The Bertz CT molecular complexity index is 599. The lowest BCUT2D eigenvalue weighted by atomic mass is 9.91. The number of carbonyl (C=O) groups excluding carboxylic acids is 2. The predicted octanol–water partition coefficient (Wildman–Crippen LogP) is 2.34. The third-order valence-corrected chi connectivity index (χ3v) is 5.01. The van der Waals surface area contributed by atoms with Crippen molar-refractivity contribution in [2.24, 2.45) is 11.7 Å². The first-order valence-corrected chi connectivity index (χ1v) is 9.16. The lowest BCUT2D eigenvalue weighted by molar-refractivity contribution is -0.138. The van der Waals surface area contributed by atoms with Crippen LogP contribution in [-0.4, -0.2) is 47.8 Å². The molecule has 2 N–H and O–H groups in total. The number of hydrogen-bond donors (Lipinski definition) is 1. The molecule has 2 rings (SSSR count). The number of halogens is 1. The summed E-state index contributed by atoms with van der Waals surface area (Å²) in [7, 11) is 0. The molecule has 1 heterocycles. The van der Waals surface area contributed by atoms with Crippen molar-refractivity contribution in [2.45, 2.75) is 32.7 Å². The highest BCUT2D eigenvalue weighted by Gasteiger charge is 2.35. The fourth-order valence-electron chi connectivity index (χ4n) is 2.95. The van der Waals surface area contributed by atoms with Crippen LogP contribution in [0.25, 0.3) is 0 Å². The van der Waals surface area contributed by atoms with E-state index in [1.54, 1.807) is 11.8 Å². The average Bonchev–Trinajstić information content (AvgIpc) is 2.79. The van der Waals surface area contributed by atoms with Crippen molar-refractivity contribution in [3.8, 4) is 0 Å². The largest absolute Gasteiger partial charge is 0.341 e. The number of benzene rings is 1. The van der Waals surface area contributed by atoms with Gasteiger partial charge in [0, 0.05) is 36.6 Å². The Morgan fingerprint density at radius 2 is 1.62 bits per heavy atom. The number of carbonyl (C=O) groups is 2. The third kappa shape index (κ3) is 4.16. The zero-order valence-electron chi connectivity index (χ0n) is 14.6. The zero-order valence-corrected chi connectivity index (χ0v) is 16.2. The molecule has 0 bridgehead atoms. The molecule has 0 aromatic heterocycles. The van der Waals surface area contributed by atoms with E-state index in [9.17, 15) is 9.59 Å². The third-order valence-electron chi connectivity index (χ3n) is 4.48. The van der Waals surface area contributed by atoms with Gasteiger partial charge in [0.1, 0.15) is 5.54 Å². The van der Waals surface area contributed by atoms with Crippen LogP contribution in [0.4, 0.5) is 0 Å². The number of hydrogen-bond acceptors (Lipinski definition) is 3. The molecule has 1 aromatic rings. The van der Waals surface area contributed by atoms with Crippen molar-refractivity contribution < 1.29 is 9.59 Å². The first kappa shape index (κ1) is 18.9. The predicted molar refractivity (Wildman–Crippen MR) is 98.3 cm³/mol. The Morgan fingerprint density at radius 3 is 2.21 bits per heavy atom. The van der Waals surface area contributed by atoms with Gasteiger partial charge in [-0.05, 0) is 31.0 Å². The van der Waals surface area contributed by atoms with Crippen molar-refractivity contribution in [1.29, 1.82) is 0 Å². The van der Waals surface area contributed by atoms with Crippen LogP contribution < -0.4 is 5.73 Å². The maximum Gasteiger partial charge on any atom is 0.247 e. The summed E-state index contributed by atoms with van der Waals surface area (Å²) in [4.78, 5) is 28.8. The first-order chi connectivity index (χ1) is 11.2. The number of nitrogens with zero attached hydrogens (tertiary/aromatic N) is 2. The second-order valence-corrected chi connectivity index (χ2v) is 7.75. The van der Waals surface area contributed by atoms with Gasteiger partial charge in [-0.15, -0.1) is 0 Å². The SMILES string of the molecule is CC(C)C(=O)N1CCCN(C(=O)C(C)(N)c2ccc(Br)cc2)CC1. The normalized spacial score (nSPS) is 18.2. The van der Waals surface area contributed by atoms with Gasteiger partial charge < -0.3 is 15.5 Å². The van der Waals surface area contributed by atoms with E-state index < -0.39 is 5.54 Å². The summed E-state index contributed by atoms with van der Waals surface area (Å²) in [5.74, 6) is 0.0335. The van der Waals surface area contributed by atoms with Gasteiger partial charge in [0.2, 0.25) is 11.8 Å². The Balaban J connectivity index is 2.09. The second-order valence-electron chi connectivity index (χ2n) is 6.83. The number of nitrogens with two attached hydrogens (primary N) is 1. The van der Waals surface area contributed by atoms with Crippen LogP contribution in [-0.2, 0) is 15.1 Å². The van der Waals surface area contributed by atoms with Crippen molar-refractivity contribution in [2.75, 3.05) is 26.2 Å². The summed E-state index contributed by atoms with van der Waals surface area (Å²) >= 11 is 3.39. The molecule has 1 aliphatic rings. The molecule has 6 heteroatoms. The van der Waals surface area contributed by atoms with Crippen LogP contribution in [0.1, 0.15) is 32.8 Å². The molecule has 1 atom stereocenters. The Labute approximate surface area is 152 Å². The van der Waals surface area contributed by atoms with Crippen LogP contribution in [0.2, 0.25) is 0 Å². The molecule has 0 saturated carbocycles.